The second-order valence-electron chi connectivity index (χ2n) is 2.65. The van der Waals surface area contributed by atoms with Gasteiger partial charge in [0.1, 0.15) is 6.61 Å². The number of terminal acetylenes is 1. The quantitative estimate of drug-likeness (QED) is 0.325. The van der Waals surface area contributed by atoms with E-state index >= 15 is 0 Å². The van der Waals surface area contributed by atoms with E-state index in [2.05, 4.69) is 19.4 Å². The molecule has 0 saturated carbocycles. The van der Waals surface area contributed by atoms with E-state index in [1.54, 1.807) is 6.08 Å². The van der Waals surface area contributed by atoms with Gasteiger partial charge in [-0.1, -0.05) is 18.9 Å². The van der Waals surface area contributed by atoms with Crippen LogP contribution < -0.4 is 0 Å². The minimum Gasteiger partial charge on any atom is -0.377 e. The zero-order valence-corrected chi connectivity index (χ0v) is 7.58. The summed E-state index contributed by atoms with van der Waals surface area (Å²) in [5.41, 5.74) is 0. The van der Waals surface area contributed by atoms with Crippen molar-refractivity contribution in [3.05, 3.63) is 12.7 Å². The van der Waals surface area contributed by atoms with Gasteiger partial charge in [-0.15, -0.1) is 13.0 Å². The molecule has 0 bridgehead atoms. The molecule has 0 amide bonds. The number of ether oxygens (including phenoxy) is 2. The second-order valence-corrected chi connectivity index (χ2v) is 2.65. The molecule has 0 saturated heterocycles. The highest BCUT2D eigenvalue weighted by Gasteiger charge is 2.00. The molecule has 0 rings (SSSR count). The molecule has 0 N–H and O–H groups in total. The summed E-state index contributed by atoms with van der Waals surface area (Å²) in [6.45, 7) is 7.93. The molecule has 68 valence electrons. The van der Waals surface area contributed by atoms with Crippen LogP contribution in [0, 0.1) is 18.3 Å². The van der Waals surface area contributed by atoms with Gasteiger partial charge in [-0.2, -0.15) is 0 Å². The van der Waals surface area contributed by atoms with E-state index in [0.29, 0.717) is 32.3 Å². The smallest absolute Gasteiger partial charge is 0.107 e. The van der Waals surface area contributed by atoms with Crippen LogP contribution in [0.1, 0.15) is 6.92 Å². The third-order valence-corrected chi connectivity index (χ3v) is 1.23. The highest BCUT2D eigenvalue weighted by Crippen LogP contribution is 1.96. The number of hydrogen-bond acceptors (Lipinski definition) is 2. The van der Waals surface area contributed by atoms with Gasteiger partial charge in [0.2, 0.25) is 0 Å². The zero-order chi connectivity index (χ0) is 9.23. The van der Waals surface area contributed by atoms with Gasteiger partial charge >= 0.3 is 0 Å². The fraction of sp³-hybridized carbons (Fsp3) is 0.600. The van der Waals surface area contributed by atoms with Crippen LogP contribution >= 0.6 is 0 Å². The molecule has 1 unspecified atom stereocenters. The molecule has 0 radical (unpaired) electrons. The summed E-state index contributed by atoms with van der Waals surface area (Å²) >= 11 is 0. The van der Waals surface area contributed by atoms with Crippen molar-refractivity contribution in [1.82, 2.24) is 0 Å². The van der Waals surface area contributed by atoms with Crippen LogP contribution in [0.3, 0.4) is 0 Å². The molecule has 0 aromatic rings. The Morgan fingerprint density at radius 3 is 2.75 bits per heavy atom. The molecule has 0 spiro atoms. The third kappa shape index (κ3) is 7.33. The Labute approximate surface area is 74.6 Å². The lowest BCUT2D eigenvalue weighted by atomic mass is 10.2. The molecule has 2 heteroatoms. The van der Waals surface area contributed by atoms with Crippen LogP contribution in [0.4, 0.5) is 0 Å². The molecular weight excluding hydrogens is 152 g/mol. The molecule has 0 fully saturated rings. The Bertz CT molecular complexity index is 146. The highest BCUT2D eigenvalue weighted by molar-refractivity contribution is 4.82. The Hall–Kier alpha value is -0.780. The van der Waals surface area contributed by atoms with Gasteiger partial charge in [-0.3, -0.25) is 0 Å². The first-order valence-corrected chi connectivity index (χ1v) is 4.01. The van der Waals surface area contributed by atoms with Crippen LogP contribution in [-0.4, -0.2) is 26.4 Å². The standard InChI is InChI=1S/C10H16O2/c1-4-6-11-8-10(3)9-12-7-5-2/h1,5,10H,2,6-9H2,3H3. The van der Waals surface area contributed by atoms with Crippen molar-refractivity contribution >= 4 is 0 Å². The van der Waals surface area contributed by atoms with Crippen molar-refractivity contribution in [2.45, 2.75) is 6.92 Å². The summed E-state index contributed by atoms with van der Waals surface area (Å²) in [6, 6.07) is 0. The molecule has 0 aromatic heterocycles. The van der Waals surface area contributed by atoms with Crippen LogP contribution in [0.5, 0.6) is 0 Å². The first-order valence-electron chi connectivity index (χ1n) is 4.01. The van der Waals surface area contributed by atoms with Gasteiger partial charge in [-0.25, -0.2) is 0 Å². The predicted octanol–water partition coefficient (Wildman–Crippen LogP) is 1.47. The summed E-state index contributed by atoms with van der Waals surface area (Å²) < 4.78 is 10.4. The predicted molar refractivity (Wildman–Crippen MR) is 49.8 cm³/mol. The van der Waals surface area contributed by atoms with E-state index in [-0.39, 0.29) is 0 Å². The fourth-order valence-corrected chi connectivity index (χ4v) is 0.720. The van der Waals surface area contributed by atoms with Crippen molar-refractivity contribution in [3.8, 4) is 12.3 Å². The molecular formula is C10H16O2. The second kappa shape index (κ2) is 8.32. The van der Waals surface area contributed by atoms with Crippen LogP contribution in [0.15, 0.2) is 12.7 Å². The van der Waals surface area contributed by atoms with E-state index < -0.39 is 0 Å². The maximum Gasteiger partial charge on any atom is 0.107 e. The maximum absolute atomic E-state index is 5.23. The molecule has 12 heavy (non-hydrogen) atoms. The average molecular weight is 168 g/mol. The van der Waals surface area contributed by atoms with Gasteiger partial charge in [0.25, 0.3) is 0 Å². The third-order valence-electron chi connectivity index (χ3n) is 1.23. The Morgan fingerprint density at radius 1 is 1.50 bits per heavy atom. The Balaban J connectivity index is 3.16. The van der Waals surface area contributed by atoms with Crippen molar-refractivity contribution in [3.63, 3.8) is 0 Å². The van der Waals surface area contributed by atoms with Gasteiger partial charge in [0.15, 0.2) is 0 Å². The zero-order valence-electron chi connectivity index (χ0n) is 7.58. The molecule has 0 aromatic carbocycles. The molecule has 0 aliphatic rings. The topological polar surface area (TPSA) is 18.5 Å². The number of rotatable bonds is 7. The van der Waals surface area contributed by atoms with Crippen LogP contribution in [0.2, 0.25) is 0 Å². The van der Waals surface area contributed by atoms with Gasteiger partial charge in [-0.05, 0) is 0 Å². The summed E-state index contributed by atoms with van der Waals surface area (Å²) in [6.07, 6.45) is 6.75. The maximum atomic E-state index is 5.23. The first kappa shape index (κ1) is 11.2. The van der Waals surface area contributed by atoms with E-state index in [4.69, 9.17) is 15.9 Å². The van der Waals surface area contributed by atoms with Gasteiger partial charge in [0.05, 0.1) is 19.8 Å². The van der Waals surface area contributed by atoms with Crippen LogP contribution in [-0.2, 0) is 9.47 Å². The lowest BCUT2D eigenvalue weighted by Crippen LogP contribution is -2.13. The highest BCUT2D eigenvalue weighted by atomic mass is 16.5. The largest absolute Gasteiger partial charge is 0.377 e. The first-order chi connectivity index (χ1) is 5.81. The Morgan fingerprint density at radius 2 is 2.17 bits per heavy atom. The van der Waals surface area contributed by atoms with Crippen molar-refractivity contribution in [2.75, 3.05) is 26.4 Å². The van der Waals surface area contributed by atoms with E-state index in [1.165, 1.54) is 0 Å². The molecule has 1 atom stereocenters. The summed E-state index contributed by atoms with van der Waals surface area (Å²) in [7, 11) is 0. The van der Waals surface area contributed by atoms with Crippen LogP contribution in [0.25, 0.3) is 0 Å². The van der Waals surface area contributed by atoms with E-state index in [0.717, 1.165) is 0 Å². The minimum atomic E-state index is 0.381. The summed E-state index contributed by atoms with van der Waals surface area (Å²) in [5, 5.41) is 0. The average Bonchev–Trinajstić information content (AvgIpc) is 2.06. The Kier molecular flexibility index (Phi) is 7.78. The van der Waals surface area contributed by atoms with E-state index in [1.807, 2.05) is 0 Å². The van der Waals surface area contributed by atoms with Crippen molar-refractivity contribution < 1.29 is 9.47 Å². The molecule has 0 heterocycles. The van der Waals surface area contributed by atoms with Crippen molar-refractivity contribution in [1.29, 1.82) is 0 Å². The number of hydrogen-bond donors (Lipinski definition) is 0. The molecule has 0 aliphatic heterocycles. The summed E-state index contributed by atoms with van der Waals surface area (Å²) in [5.74, 6) is 2.80. The molecule has 0 aliphatic carbocycles. The normalized spacial score (nSPS) is 12.0. The SMILES string of the molecule is C#CCOCC(C)COCC=C. The minimum absolute atomic E-state index is 0.381. The van der Waals surface area contributed by atoms with Gasteiger partial charge < -0.3 is 9.47 Å². The molecule has 2 nitrogen and oxygen atoms in total. The fourth-order valence-electron chi connectivity index (χ4n) is 0.720. The lowest BCUT2D eigenvalue weighted by molar-refractivity contribution is 0.0679. The van der Waals surface area contributed by atoms with Crippen molar-refractivity contribution in [2.24, 2.45) is 5.92 Å². The van der Waals surface area contributed by atoms with Gasteiger partial charge in [0, 0.05) is 5.92 Å². The lowest BCUT2D eigenvalue weighted by Gasteiger charge is -2.09. The van der Waals surface area contributed by atoms with E-state index in [9.17, 15) is 0 Å². The summed E-state index contributed by atoms with van der Waals surface area (Å²) in [4.78, 5) is 0. The monoisotopic (exact) mass is 168 g/mol.